The van der Waals surface area contributed by atoms with Gasteiger partial charge in [0.15, 0.2) is 0 Å². The van der Waals surface area contributed by atoms with Gasteiger partial charge in [-0.2, -0.15) is 0 Å². The quantitative estimate of drug-likeness (QED) is 0.932. The number of halogens is 2. The van der Waals surface area contributed by atoms with E-state index in [1.54, 1.807) is 23.1 Å². The van der Waals surface area contributed by atoms with Crippen LogP contribution in [0.2, 0.25) is 10.0 Å². The van der Waals surface area contributed by atoms with Gasteiger partial charge in [0, 0.05) is 12.5 Å². The molecule has 2 fully saturated rings. The number of hydrogen-bond donors (Lipinski definition) is 1. The smallest absolute Gasteiger partial charge is 0.309 e. The molecule has 106 valence electrons. The molecule has 2 unspecified atom stereocenters. The molecule has 20 heavy (non-hydrogen) atoms. The van der Waals surface area contributed by atoms with Crippen LogP contribution in [0.3, 0.4) is 0 Å². The fourth-order valence-corrected chi connectivity index (χ4v) is 3.30. The van der Waals surface area contributed by atoms with Crippen molar-refractivity contribution in [1.29, 1.82) is 0 Å². The van der Waals surface area contributed by atoms with Crippen LogP contribution in [0.5, 0.6) is 0 Å². The summed E-state index contributed by atoms with van der Waals surface area (Å²) in [5, 5.41) is 10.1. The van der Waals surface area contributed by atoms with Gasteiger partial charge in [-0.15, -0.1) is 0 Å². The first kappa shape index (κ1) is 13.7. The Labute approximate surface area is 126 Å². The number of amides is 1. The number of carboxylic acid groups (broad SMARTS) is 1. The molecule has 0 bridgehead atoms. The summed E-state index contributed by atoms with van der Waals surface area (Å²) in [6.45, 7) is 0. The Morgan fingerprint density at radius 3 is 2.60 bits per heavy atom. The molecule has 1 saturated heterocycles. The van der Waals surface area contributed by atoms with E-state index in [1.165, 1.54) is 0 Å². The number of carbonyl (C=O) groups excluding carboxylic acids is 1. The molecule has 0 aromatic heterocycles. The summed E-state index contributed by atoms with van der Waals surface area (Å²) in [6, 6.07) is 4.77. The lowest BCUT2D eigenvalue weighted by Crippen LogP contribution is -2.32. The molecule has 1 N–H and O–H groups in total. The highest BCUT2D eigenvalue weighted by molar-refractivity contribution is 6.42. The topological polar surface area (TPSA) is 57.6 Å². The number of likely N-dealkylation sites (tertiary alicyclic amines) is 1. The second-order valence-corrected chi connectivity index (χ2v) is 6.05. The Balaban J connectivity index is 2.07. The zero-order valence-corrected chi connectivity index (χ0v) is 12.1. The Bertz CT molecular complexity index is 586. The van der Waals surface area contributed by atoms with Gasteiger partial charge in [0.1, 0.15) is 0 Å². The lowest BCUT2D eigenvalue weighted by Gasteiger charge is -2.28. The first-order chi connectivity index (χ1) is 9.50. The summed E-state index contributed by atoms with van der Waals surface area (Å²) < 4.78 is 0. The van der Waals surface area contributed by atoms with Gasteiger partial charge in [-0.25, -0.2) is 0 Å². The number of aliphatic carboxylic acids is 1. The molecule has 1 aliphatic heterocycles. The van der Waals surface area contributed by atoms with Gasteiger partial charge in [-0.3, -0.25) is 9.59 Å². The van der Waals surface area contributed by atoms with Crippen molar-refractivity contribution in [3.8, 4) is 0 Å². The van der Waals surface area contributed by atoms with Crippen molar-refractivity contribution in [2.45, 2.75) is 31.3 Å². The Morgan fingerprint density at radius 1 is 1.30 bits per heavy atom. The molecule has 6 heteroatoms. The SMILES string of the molecule is O=C(O)C1CC(=O)N(C2CC2)C1c1cccc(Cl)c1Cl. The van der Waals surface area contributed by atoms with Gasteiger partial charge >= 0.3 is 5.97 Å². The molecule has 4 nitrogen and oxygen atoms in total. The number of carbonyl (C=O) groups is 2. The van der Waals surface area contributed by atoms with E-state index in [9.17, 15) is 14.7 Å². The molecule has 1 heterocycles. The van der Waals surface area contributed by atoms with E-state index in [2.05, 4.69) is 0 Å². The minimum absolute atomic E-state index is 0.0271. The number of benzene rings is 1. The summed E-state index contributed by atoms with van der Waals surface area (Å²) in [6.07, 6.45) is 1.87. The lowest BCUT2D eigenvalue weighted by atomic mass is 9.93. The maximum absolute atomic E-state index is 12.1. The van der Waals surface area contributed by atoms with E-state index in [0.717, 1.165) is 12.8 Å². The van der Waals surface area contributed by atoms with Crippen LogP contribution in [0.25, 0.3) is 0 Å². The normalized spacial score (nSPS) is 26.1. The summed E-state index contributed by atoms with van der Waals surface area (Å²) in [4.78, 5) is 25.3. The van der Waals surface area contributed by atoms with Crippen LogP contribution < -0.4 is 0 Å². The molecule has 1 saturated carbocycles. The third-order valence-electron chi connectivity index (χ3n) is 3.92. The van der Waals surface area contributed by atoms with Crippen molar-refractivity contribution >= 4 is 35.1 Å². The standard InChI is InChI=1S/C14H13Cl2NO3/c15-10-3-1-2-8(12(10)16)13-9(14(19)20)6-11(18)17(13)7-4-5-7/h1-3,7,9,13H,4-6H2,(H,19,20). The Hall–Kier alpha value is -1.26. The van der Waals surface area contributed by atoms with Crippen LogP contribution in [-0.2, 0) is 9.59 Å². The van der Waals surface area contributed by atoms with E-state index >= 15 is 0 Å². The van der Waals surface area contributed by atoms with E-state index in [4.69, 9.17) is 23.2 Å². The molecule has 1 aromatic rings. The van der Waals surface area contributed by atoms with Crippen LogP contribution >= 0.6 is 23.2 Å². The van der Waals surface area contributed by atoms with Gasteiger partial charge in [-0.1, -0.05) is 35.3 Å². The molecule has 1 aliphatic carbocycles. The predicted molar refractivity (Wildman–Crippen MR) is 74.8 cm³/mol. The van der Waals surface area contributed by atoms with Gasteiger partial charge in [0.25, 0.3) is 0 Å². The first-order valence-corrected chi connectivity index (χ1v) is 7.24. The lowest BCUT2D eigenvalue weighted by molar-refractivity contribution is -0.142. The maximum Gasteiger partial charge on any atom is 0.309 e. The molecular weight excluding hydrogens is 301 g/mol. The highest BCUT2D eigenvalue weighted by Gasteiger charge is 2.50. The molecular formula is C14H13Cl2NO3. The minimum Gasteiger partial charge on any atom is -0.481 e. The first-order valence-electron chi connectivity index (χ1n) is 6.48. The number of nitrogens with zero attached hydrogens (tertiary/aromatic N) is 1. The fraction of sp³-hybridized carbons (Fsp3) is 0.429. The highest BCUT2D eigenvalue weighted by atomic mass is 35.5. The van der Waals surface area contributed by atoms with Gasteiger partial charge < -0.3 is 10.0 Å². The van der Waals surface area contributed by atoms with Gasteiger partial charge in [0.05, 0.1) is 22.0 Å². The summed E-state index contributed by atoms with van der Waals surface area (Å²) >= 11 is 12.2. The Kier molecular flexibility index (Phi) is 3.38. The highest BCUT2D eigenvalue weighted by Crippen LogP contribution is 2.47. The van der Waals surface area contributed by atoms with Crippen molar-refractivity contribution in [3.63, 3.8) is 0 Å². The van der Waals surface area contributed by atoms with Crippen LogP contribution in [0, 0.1) is 5.92 Å². The molecule has 0 spiro atoms. The van der Waals surface area contributed by atoms with Crippen LogP contribution in [0.1, 0.15) is 30.9 Å². The number of rotatable bonds is 3. The monoisotopic (exact) mass is 313 g/mol. The van der Waals surface area contributed by atoms with Crippen molar-refractivity contribution in [2.75, 3.05) is 0 Å². The molecule has 1 amide bonds. The summed E-state index contributed by atoms with van der Waals surface area (Å²) in [5.74, 6) is -1.84. The van der Waals surface area contributed by atoms with Crippen molar-refractivity contribution in [2.24, 2.45) is 5.92 Å². The van der Waals surface area contributed by atoms with Crippen molar-refractivity contribution in [3.05, 3.63) is 33.8 Å². The van der Waals surface area contributed by atoms with Crippen molar-refractivity contribution < 1.29 is 14.7 Å². The maximum atomic E-state index is 12.1. The molecule has 3 rings (SSSR count). The predicted octanol–water partition coefficient (Wildman–Crippen LogP) is 3.13. The minimum atomic E-state index is -0.970. The average molecular weight is 314 g/mol. The van der Waals surface area contributed by atoms with E-state index in [-0.39, 0.29) is 18.4 Å². The zero-order chi connectivity index (χ0) is 14.4. The zero-order valence-electron chi connectivity index (χ0n) is 10.6. The molecule has 2 aliphatic rings. The third-order valence-corrected chi connectivity index (χ3v) is 4.75. The second kappa shape index (κ2) is 4.93. The van der Waals surface area contributed by atoms with Crippen molar-refractivity contribution in [1.82, 2.24) is 4.90 Å². The summed E-state index contributed by atoms with van der Waals surface area (Å²) in [7, 11) is 0. The second-order valence-electron chi connectivity index (χ2n) is 5.27. The Morgan fingerprint density at radius 2 is 2.00 bits per heavy atom. The van der Waals surface area contributed by atoms with Crippen LogP contribution in [0.4, 0.5) is 0 Å². The largest absolute Gasteiger partial charge is 0.481 e. The van der Waals surface area contributed by atoms with Gasteiger partial charge in [-0.05, 0) is 24.5 Å². The summed E-state index contributed by atoms with van der Waals surface area (Å²) in [5.41, 5.74) is 0.629. The third kappa shape index (κ3) is 2.17. The van der Waals surface area contributed by atoms with Crippen LogP contribution in [-0.4, -0.2) is 27.9 Å². The molecule has 2 atom stereocenters. The van der Waals surface area contributed by atoms with Gasteiger partial charge in [0.2, 0.25) is 5.91 Å². The van der Waals surface area contributed by atoms with E-state index in [1.807, 2.05) is 0 Å². The van der Waals surface area contributed by atoms with Crippen LogP contribution in [0.15, 0.2) is 18.2 Å². The molecule has 1 aromatic carbocycles. The number of hydrogen-bond acceptors (Lipinski definition) is 2. The van der Waals surface area contributed by atoms with E-state index in [0.29, 0.717) is 15.6 Å². The van der Waals surface area contributed by atoms with E-state index < -0.39 is 17.9 Å². The number of carboxylic acids is 1. The fourth-order valence-electron chi connectivity index (χ4n) is 2.88. The average Bonchev–Trinajstić information content (AvgIpc) is 3.16. The molecule has 0 radical (unpaired) electrons.